The first-order valence-corrected chi connectivity index (χ1v) is 8.20. The third-order valence-electron chi connectivity index (χ3n) is 4.96. The average molecular weight is 266 g/mol. The topological polar surface area (TPSA) is 32.3 Å². The van der Waals surface area contributed by atoms with Gasteiger partial charge < -0.3 is 5.32 Å². The Bertz CT molecular complexity index is 290. The molecule has 2 saturated heterocycles. The zero-order valence-electron chi connectivity index (χ0n) is 12.7. The van der Waals surface area contributed by atoms with Crippen molar-refractivity contribution in [3.63, 3.8) is 0 Å². The van der Waals surface area contributed by atoms with Crippen molar-refractivity contribution in [3.8, 4) is 0 Å². The number of nitrogens with zero attached hydrogens (tertiary/aromatic N) is 1. The van der Waals surface area contributed by atoms with E-state index in [1.807, 2.05) is 0 Å². The van der Waals surface area contributed by atoms with Crippen molar-refractivity contribution in [2.24, 2.45) is 11.8 Å². The van der Waals surface area contributed by atoms with Crippen molar-refractivity contribution >= 4 is 5.91 Å². The Hall–Kier alpha value is -0.570. The zero-order chi connectivity index (χ0) is 13.7. The summed E-state index contributed by atoms with van der Waals surface area (Å²) < 4.78 is 0. The maximum Gasteiger partial charge on any atom is 0.237 e. The van der Waals surface area contributed by atoms with Crippen LogP contribution >= 0.6 is 0 Å². The normalized spacial score (nSPS) is 31.4. The van der Waals surface area contributed by atoms with Gasteiger partial charge in [0, 0.05) is 13.1 Å². The minimum Gasteiger partial charge on any atom is -0.353 e. The first kappa shape index (κ1) is 14.8. The molecule has 0 bridgehead atoms. The zero-order valence-corrected chi connectivity index (χ0v) is 12.7. The lowest BCUT2D eigenvalue weighted by Crippen LogP contribution is -2.55. The Morgan fingerprint density at radius 1 is 1.05 bits per heavy atom. The predicted molar refractivity (Wildman–Crippen MR) is 79.0 cm³/mol. The number of amides is 1. The summed E-state index contributed by atoms with van der Waals surface area (Å²) in [6.45, 7) is 7.72. The number of rotatable bonds is 1. The molecule has 3 nitrogen and oxygen atoms in total. The number of fused-ring (bicyclic) bond motifs is 1. The largest absolute Gasteiger partial charge is 0.353 e. The Morgan fingerprint density at radius 3 is 2.58 bits per heavy atom. The van der Waals surface area contributed by atoms with Gasteiger partial charge in [0.2, 0.25) is 5.91 Å². The van der Waals surface area contributed by atoms with Crippen LogP contribution in [0.15, 0.2) is 0 Å². The second kappa shape index (κ2) is 7.28. The van der Waals surface area contributed by atoms with E-state index in [1.165, 1.54) is 38.5 Å². The number of carbonyl (C=O) groups is 1. The van der Waals surface area contributed by atoms with E-state index in [0.717, 1.165) is 37.9 Å². The summed E-state index contributed by atoms with van der Waals surface area (Å²) in [5.74, 6) is 1.96. The molecule has 2 rings (SSSR count). The second-order valence-corrected chi connectivity index (χ2v) is 6.63. The Morgan fingerprint density at radius 2 is 1.79 bits per heavy atom. The van der Waals surface area contributed by atoms with Gasteiger partial charge in [0.1, 0.15) is 0 Å². The van der Waals surface area contributed by atoms with Gasteiger partial charge in [0.25, 0.3) is 0 Å². The molecule has 0 aromatic heterocycles. The molecule has 1 N–H and O–H groups in total. The molecule has 3 heteroatoms. The summed E-state index contributed by atoms with van der Waals surface area (Å²) in [7, 11) is 0. The fourth-order valence-corrected chi connectivity index (χ4v) is 3.63. The molecule has 0 radical (unpaired) electrons. The number of hydrogen-bond donors (Lipinski definition) is 1. The first-order valence-electron chi connectivity index (χ1n) is 8.20. The first-order chi connectivity index (χ1) is 9.18. The maximum absolute atomic E-state index is 12.0. The van der Waals surface area contributed by atoms with E-state index in [4.69, 9.17) is 0 Å². The fourth-order valence-electron chi connectivity index (χ4n) is 3.63. The molecule has 2 atom stereocenters. The third kappa shape index (κ3) is 4.20. The van der Waals surface area contributed by atoms with Crippen molar-refractivity contribution in [3.05, 3.63) is 0 Å². The lowest BCUT2D eigenvalue weighted by atomic mass is 9.86. The molecule has 0 aliphatic carbocycles. The van der Waals surface area contributed by atoms with Gasteiger partial charge in [0.15, 0.2) is 0 Å². The van der Waals surface area contributed by atoms with Crippen LogP contribution in [-0.2, 0) is 4.79 Å². The molecule has 2 fully saturated rings. The van der Waals surface area contributed by atoms with E-state index in [0.29, 0.717) is 0 Å². The van der Waals surface area contributed by atoms with Crippen LogP contribution in [0, 0.1) is 11.8 Å². The molecule has 1 amide bonds. The van der Waals surface area contributed by atoms with E-state index in [9.17, 15) is 4.79 Å². The molecule has 2 aliphatic rings. The molecule has 2 heterocycles. The van der Waals surface area contributed by atoms with Gasteiger partial charge in [-0.05, 0) is 37.6 Å². The molecule has 2 unspecified atom stereocenters. The monoisotopic (exact) mass is 266 g/mol. The molecule has 0 aromatic rings. The maximum atomic E-state index is 12.0. The van der Waals surface area contributed by atoms with Crippen LogP contribution in [0.5, 0.6) is 0 Å². The van der Waals surface area contributed by atoms with Crippen molar-refractivity contribution in [2.75, 3.05) is 19.6 Å². The van der Waals surface area contributed by atoms with Crippen LogP contribution in [0.2, 0.25) is 0 Å². The van der Waals surface area contributed by atoms with Gasteiger partial charge in [-0.25, -0.2) is 0 Å². The highest BCUT2D eigenvalue weighted by Crippen LogP contribution is 2.26. The van der Waals surface area contributed by atoms with Gasteiger partial charge in [-0.3, -0.25) is 9.69 Å². The smallest absolute Gasteiger partial charge is 0.237 e. The van der Waals surface area contributed by atoms with Crippen molar-refractivity contribution in [1.82, 2.24) is 10.2 Å². The van der Waals surface area contributed by atoms with E-state index in [-0.39, 0.29) is 11.9 Å². The van der Waals surface area contributed by atoms with Crippen LogP contribution < -0.4 is 5.32 Å². The summed E-state index contributed by atoms with van der Waals surface area (Å²) in [6, 6.07) is 0.157. The highest BCUT2D eigenvalue weighted by molar-refractivity contribution is 5.82. The van der Waals surface area contributed by atoms with Gasteiger partial charge in [-0.15, -0.1) is 0 Å². The minimum atomic E-state index is 0.157. The van der Waals surface area contributed by atoms with Crippen molar-refractivity contribution in [2.45, 2.75) is 64.8 Å². The van der Waals surface area contributed by atoms with E-state index in [2.05, 4.69) is 24.1 Å². The minimum absolute atomic E-state index is 0.157. The Balaban J connectivity index is 1.94. The molecule has 0 saturated carbocycles. The summed E-state index contributed by atoms with van der Waals surface area (Å²) in [4.78, 5) is 14.4. The lowest BCUT2D eigenvalue weighted by molar-refractivity contribution is -0.129. The van der Waals surface area contributed by atoms with Crippen LogP contribution in [-0.4, -0.2) is 36.5 Å². The Labute approximate surface area is 118 Å². The van der Waals surface area contributed by atoms with Gasteiger partial charge in [-0.1, -0.05) is 39.5 Å². The summed E-state index contributed by atoms with van der Waals surface area (Å²) in [5.41, 5.74) is 0. The highest BCUT2D eigenvalue weighted by Gasteiger charge is 2.29. The molecular weight excluding hydrogens is 236 g/mol. The number of hydrogen-bond acceptors (Lipinski definition) is 2. The number of nitrogens with one attached hydrogen (secondary N) is 1. The van der Waals surface area contributed by atoms with Crippen molar-refractivity contribution in [1.29, 1.82) is 0 Å². The molecule has 0 spiro atoms. The SMILES string of the molecule is CC(C)C1CCCCCC2C(=O)NCCN2CCC1. The standard InChI is InChI=1S/C16H30N2O/c1-13(2)14-7-4-3-5-9-15-16(19)17-10-12-18(15)11-6-8-14/h13-15H,3-12H2,1-2H3,(H,17,19). The third-order valence-corrected chi connectivity index (χ3v) is 4.96. The Kier molecular flexibility index (Phi) is 5.68. The van der Waals surface area contributed by atoms with Crippen molar-refractivity contribution < 1.29 is 4.79 Å². The van der Waals surface area contributed by atoms with Crippen LogP contribution in [0.3, 0.4) is 0 Å². The van der Waals surface area contributed by atoms with Gasteiger partial charge in [0.05, 0.1) is 6.04 Å². The summed E-state index contributed by atoms with van der Waals surface area (Å²) in [5, 5.41) is 3.03. The number of carbonyl (C=O) groups excluding carboxylic acids is 1. The molecule has 0 aromatic carbocycles. The average Bonchev–Trinajstić information content (AvgIpc) is 2.42. The fraction of sp³-hybridized carbons (Fsp3) is 0.938. The molecule has 19 heavy (non-hydrogen) atoms. The van der Waals surface area contributed by atoms with Crippen LogP contribution in [0.25, 0.3) is 0 Å². The number of piperazine rings is 1. The van der Waals surface area contributed by atoms with Gasteiger partial charge >= 0.3 is 0 Å². The lowest BCUT2D eigenvalue weighted by Gasteiger charge is -2.35. The molecular formula is C16H30N2O. The second-order valence-electron chi connectivity index (χ2n) is 6.63. The highest BCUT2D eigenvalue weighted by atomic mass is 16.2. The van der Waals surface area contributed by atoms with E-state index < -0.39 is 0 Å². The van der Waals surface area contributed by atoms with E-state index >= 15 is 0 Å². The van der Waals surface area contributed by atoms with Crippen LogP contribution in [0.1, 0.15) is 58.8 Å². The quantitative estimate of drug-likeness (QED) is 0.791. The molecule has 2 aliphatic heterocycles. The van der Waals surface area contributed by atoms with Gasteiger partial charge in [-0.2, -0.15) is 0 Å². The predicted octanol–water partition coefficient (Wildman–Crippen LogP) is 2.80. The summed E-state index contributed by atoms with van der Waals surface area (Å²) in [6.07, 6.45) is 8.87. The molecule has 110 valence electrons. The van der Waals surface area contributed by atoms with Crippen LogP contribution in [0.4, 0.5) is 0 Å². The summed E-state index contributed by atoms with van der Waals surface area (Å²) >= 11 is 0. The van der Waals surface area contributed by atoms with E-state index in [1.54, 1.807) is 0 Å².